The van der Waals surface area contributed by atoms with Gasteiger partial charge < -0.3 is 5.32 Å². The van der Waals surface area contributed by atoms with E-state index in [1.807, 2.05) is 36.5 Å². The first-order chi connectivity index (χ1) is 16.3. The SMILES string of the molecule is O=C(Nc1sc2c(c1/C=N\Nc1ncnc3sc4c(c13)CCC4)CCCC2)c1ccccc1. The monoisotopic (exact) mass is 473 g/mol. The fourth-order valence-electron chi connectivity index (χ4n) is 4.76. The maximum absolute atomic E-state index is 12.8. The van der Waals surface area contributed by atoms with Crippen LogP contribution in [0.4, 0.5) is 10.8 Å². The van der Waals surface area contributed by atoms with E-state index in [2.05, 4.69) is 25.8 Å². The minimum absolute atomic E-state index is 0.0943. The van der Waals surface area contributed by atoms with Gasteiger partial charge in [0.2, 0.25) is 0 Å². The van der Waals surface area contributed by atoms with E-state index in [1.165, 1.54) is 33.7 Å². The highest BCUT2D eigenvalue weighted by Crippen LogP contribution is 2.40. The van der Waals surface area contributed by atoms with Gasteiger partial charge in [-0.1, -0.05) is 18.2 Å². The van der Waals surface area contributed by atoms with Gasteiger partial charge in [0.05, 0.1) is 11.6 Å². The summed E-state index contributed by atoms with van der Waals surface area (Å²) < 4.78 is 0. The van der Waals surface area contributed by atoms with Crippen LogP contribution >= 0.6 is 22.7 Å². The average molecular weight is 474 g/mol. The third-order valence-electron chi connectivity index (χ3n) is 6.34. The van der Waals surface area contributed by atoms with E-state index < -0.39 is 0 Å². The van der Waals surface area contributed by atoms with Crippen LogP contribution in [0.1, 0.15) is 56.1 Å². The normalized spacial score (nSPS) is 15.0. The highest BCUT2D eigenvalue weighted by molar-refractivity contribution is 7.19. The first-order valence-electron chi connectivity index (χ1n) is 11.3. The second kappa shape index (κ2) is 8.68. The lowest BCUT2D eigenvalue weighted by Crippen LogP contribution is -2.12. The zero-order chi connectivity index (χ0) is 22.2. The van der Waals surface area contributed by atoms with E-state index in [9.17, 15) is 4.79 Å². The van der Waals surface area contributed by atoms with Crippen molar-refractivity contribution in [1.29, 1.82) is 0 Å². The molecule has 0 radical (unpaired) electrons. The van der Waals surface area contributed by atoms with E-state index in [1.54, 1.807) is 29.0 Å². The number of hydrogen-bond acceptors (Lipinski definition) is 7. The summed E-state index contributed by atoms with van der Waals surface area (Å²) >= 11 is 3.45. The molecular formula is C25H23N5OS2. The summed E-state index contributed by atoms with van der Waals surface area (Å²) in [7, 11) is 0. The first kappa shape index (κ1) is 20.5. The number of aromatic nitrogens is 2. The van der Waals surface area contributed by atoms with E-state index in [0.29, 0.717) is 5.56 Å². The Morgan fingerprint density at radius 3 is 2.64 bits per heavy atom. The Balaban J connectivity index is 1.30. The van der Waals surface area contributed by atoms with Crippen molar-refractivity contribution in [3.63, 3.8) is 0 Å². The Kier molecular flexibility index (Phi) is 5.39. The van der Waals surface area contributed by atoms with Crippen LogP contribution in [0.15, 0.2) is 41.8 Å². The quantitative estimate of drug-likeness (QED) is 0.283. The number of amides is 1. The summed E-state index contributed by atoms with van der Waals surface area (Å²) in [5.41, 5.74) is 7.52. The lowest BCUT2D eigenvalue weighted by molar-refractivity contribution is 0.102. The molecule has 0 spiro atoms. The van der Waals surface area contributed by atoms with E-state index in [0.717, 1.165) is 58.7 Å². The Morgan fingerprint density at radius 1 is 0.939 bits per heavy atom. The van der Waals surface area contributed by atoms with Crippen LogP contribution in [0.5, 0.6) is 0 Å². The number of carbonyl (C=O) groups is 1. The van der Waals surface area contributed by atoms with Gasteiger partial charge in [0, 0.05) is 20.9 Å². The van der Waals surface area contributed by atoms with Gasteiger partial charge in [-0.2, -0.15) is 5.10 Å². The molecule has 2 N–H and O–H groups in total. The number of anilines is 2. The van der Waals surface area contributed by atoms with Crippen molar-refractivity contribution < 1.29 is 4.79 Å². The van der Waals surface area contributed by atoms with Crippen LogP contribution in [0.3, 0.4) is 0 Å². The first-order valence-corrected chi connectivity index (χ1v) is 13.0. The number of hydrogen-bond donors (Lipinski definition) is 2. The molecule has 0 fully saturated rings. The molecule has 1 amide bonds. The zero-order valence-corrected chi connectivity index (χ0v) is 19.7. The van der Waals surface area contributed by atoms with Crippen molar-refractivity contribution in [3.05, 3.63) is 68.7 Å². The van der Waals surface area contributed by atoms with Crippen LogP contribution < -0.4 is 10.7 Å². The van der Waals surface area contributed by atoms with Gasteiger partial charge in [-0.3, -0.25) is 10.2 Å². The predicted octanol–water partition coefficient (Wildman–Crippen LogP) is 5.82. The molecule has 0 atom stereocenters. The Bertz CT molecular complexity index is 1370. The number of nitrogens with one attached hydrogen (secondary N) is 2. The third-order valence-corrected chi connectivity index (χ3v) is 8.76. The van der Waals surface area contributed by atoms with Crippen molar-refractivity contribution in [2.24, 2.45) is 5.10 Å². The van der Waals surface area contributed by atoms with Gasteiger partial charge in [0.1, 0.15) is 16.2 Å². The molecule has 33 heavy (non-hydrogen) atoms. The fourth-order valence-corrected chi connectivity index (χ4v) is 7.24. The minimum atomic E-state index is -0.0943. The number of rotatable bonds is 5. The number of benzene rings is 1. The smallest absolute Gasteiger partial charge is 0.256 e. The van der Waals surface area contributed by atoms with Crippen molar-refractivity contribution in [3.8, 4) is 0 Å². The number of aryl methyl sites for hydroxylation is 3. The van der Waals surface area contributed by atoms with Crippen molar-refractivity contribution in [2.75, 3.05) is 10.7 Å². The van der Waals surface area contributed by atoms with Crippen molar-refractivity contribution in [1.82, 2.24) is 9.97 Å². The molecule has 2 aliphatic rings. The van der Waals surface area contributed by atoms with Crippen LogP contribution in [-0.4, -0.2) is 22.1 Å². The molecular weight excluding hydrogens is 450 g/mol. The van der Waals surface area contributed by atoms with E-state index in [-0.39, 0.29) is 5.91 Å². The lowest BCUT2D eigenvalue weighted by Gasteiger charge is -2.11. The van der Waals surface area contributed by atoms with Gasteiger partial charge in [0.15, 0.2) is 5.82 Å². The maximum atomic E-state index is 12.8. The molecule has 0 aliphatic heterocycles. The zero-order valence-electron chi connectivity index (χ0n) is 18.1. The largest absolute Gasteiger partial charge is 0.313 e. The van der Waals surface area contributed by atoms with Gasteiger partial charge in [-0.25, -0.2) is 9.97 Å². The van der Waals surface area contributed by atoms with Gasteiger partial charge in [0.25, 0.3) is 5.91 Å². The minimum Gasteiger partial charge on any atom is -0.313 e. The molecule has 3 aromatic heterocycles. The number of nitrogens with zero attached hydrogens (tertiary/aromatic N) is 3. The Labute approximate surface area is 199 Å². The summed E-state index contributed by atoms with van der Waals surface area (Å²) in [5, 5.41) is 9.69. The molecule has 2 aliphatic carbocycles. The van der Waals surface area contributed by atoms with Crippen LogP contribution in [0.2, 0.25) is 0 Å². The molecule has 0 unspecified atom stereocenters. The average Bonchev–Trinajstić information content (AvgIpc) is 3.53. The van der Waals surface area contributed by atoms with Gasteiger partial charge in [-0.05, 0) is 68.2 Å². The summed E-state index contributed by atoms with van der Waals surface area (Å²) in [4.78, 5) is 25.6. The molecule has 1 aromatic carbocycles. The molecule has 6 nitrogen and oxygen atoms in total. The molecule has 8 heteroatoms. The lowest BCUT2D eigenvalue weighted by atomic mass is 9.96. The molecule has 166 valence electrons. The summed E-state index contributed by atoms with van der Waals surface area (Å²) in [5.74, 6) is 0.665. The van der Waals surface area contributed by atoms with Crippen molar-refractivity contribution in [2.45, 2.75) is 44.9 Å². The second-order valence-electron chi connectivity index (χ2n) is 8.40. The highest BCUT2D eigenvalue weighted by atomic mass is 32.1. The predicted molar refractivity (Wildman–Crippen MR) is 136 cm³/mol. The Hall–Kier alpha value is -3.10. The summed E-state index contributed by atoms with van der Waals surface area (Å²) in [6.45, 7) is 0. The van der Waals surface area contributed by atoms with E-state index in [4.69, 9.17) is 0 Å². The number of thiophene rings is 2. The van der Waals surface area contributed by atoms with E-state index >= 15 is 0 Å². The molecule has 6 rings (SSSR count). The van der Waals surface area contributed by atoms with Gasteiger partial charge >= 0.3 is 0 Å². The molecule has 0 bridgehead atoms. The highest BCUT2D eigenvalue weighted by Gasteiger charge is 2.23. The Morgan fingerprint density at radius 2 is 1.73 bits per heavy atom. The van der Waals surface area contributed by atoms with Crippen LogP contribution in [-0.2, 0) is 25.7 Å². The number of carbonyl (C=O) groups excluding carboxylic acids is 1. The molecule has 0 saturated carbocycles. The second-order valence-corrected chi connectivity index (χ2v) is 10.6. The third kappa shape index (κ3) is 3.83. The summed E-state index contributed by atoms with van der Waals surface area (Å²) in [6, 6.07) is 9.33. The van der Waals surface area contributed by atoms with Crippen LogP contribution in [0.25, 0.3) is 10.2 Å². The molecule has 3 heterocycles. The van der Waals surface area contributed by atoms with Gasteiger partial charge in [-0.15, -0.1) is 22.7 Å². The number of hydrazone groups is 1. The summed E-state index contributed by atoms with van der Waals surface area (Å²) in [6.07, 6.45) is 11.3. The van der Waals surface area contributed by atoms with Crippen LogP contribution in [0, 0.1) is 0 Å². The molecule has 0 saturated heterocycles. The maximum Gasteiger partial charge on any atom is 0.256 e. The number of fused-ring (bicyclic) bond motifs is 4. The molecule has 4 aromatic rings. The topological polar surface area (TPSA) is 79.3 Å². The fraction of sp³-hybridized carbons (Fsp3) is 0.280. The van der Waals surface area contributed by atoms with Crippen molar-refractivity contribution >= 4 is 55.8 Å². The standard InChI is InChI=1S/C25H23N5OS2/c31-23(15-7-2-1-3-8-15)29-24-18(16-9-4-5-11-19(16)32-24)13-28-30-22-21-17-10-6-12-20(17)33-25(21)27-14-26-22/h1-3,7-8,13-14H,4-6,9-12H2,(H,29,31)(H,26,27,30)/b28-13-.